The summed E-state index contributed by atoms with van der Waals surface area (Å²) >= 11 is 0. The van der Waals surface area contributed by atoms with E-state index in [-0.39, 0.29) is 19.6 Å². The van der Waals surface area contributed by atoms with Crippen molar-refractivity contribution in [3.05, 3.63) is 0 Å². The van der Waals surface area contributed by atoms with E-state index >= 15 is 0 Å². The van der Waals surface area contributed by atoms with Crippen LogP contribution in [0.3, 0.4) is 0 Å². The number of carboxylic acid groups (broad SMARTS) is 1. The van der Waals surface area contributed by atoms with Crippen molar-refractivity contribution in [3.63, 3.8) is 0 Å². The highest BCUT2D eigenvalue weighted by molar-refractivity contribution is 5.78. The van der Waals surface area contributed by atoms with Crippen LogP contribution in [0.1, 0.15) is 12.8 Å². The van der Waals surface area contributed by atoms with E-state index in [0.717, 1.165) is 0 Å². The summed E-state index contributed by atoms with van der Waals surface area (Å²) in [7, 11) is 0. The molecule has 1 aliphatic rings. The second-order valence-corrected chi connectivity index (χ2v) is 4.60. The van der Waals surface area contributed by atoms with Crippen LogP contribution in [-0.2, 0) is 9.53 Å². The molecule has 0 aromatic heterocycles. The smallest absolute Gasteiger partial charge is 0.314 e. The lowest BCUT2D eigenvalue weighted by molar-refractivity contribution is -0.154. The molecule has 9 nitrogen and oxygen atoms in total. The fourth-order valence-corrected chi connectivity index (χ4v) is 1.90. The van der Waals surface area contributed by atoms with Gasteiger partial charge in [-0.2, -0.15) is 0 Å². The van der Waals surface area contributed by atoms with E-state index in [1.54, 1.807) is 0 Å². The van der Waals surface area contributed by atoms with Gasteiger partial charge in [0.05, 0.1) is 5.41 Å². The molecule has 0 radical (unpaired) electrons. The normalized spacial score (nSPS) is 17.0. The standard InChI is InChI=1S/C11H20N4O5/c12-9(18)13-3-4-14-10(19)15-7-11(8(16)17)1-5-20-6-2-11/h1-7H2,(H,16,17)(H3,12,13,18)(H2,14,15,19). The number of rotatable bonds is 6. The largest absolute Gasteiger partial charge is 0.481 e. The van der Waals surface area contributed by atoms with Crippen LogP contribution < -0.4 is 21.7 Å². The Morgan fingerprint density at radius 2 is 1.70 bits per heavy atom. The van der Waals surface area contributed by atoms with Crippen molar-refractivity contribution in [2.75, 3.05) is 32.8 Å². The maximum absolute atomic E-state index is 11.5. The molecule has 1 aliphatic heterocycles. The van der Waals surface area contributed by atoms with Gasteiger partial charge in [0.15, 0.2) is 0 Å². The molecular formula is C11H20N4O5. The van der Waals surface area contributed by atoms with E-state index in [9.17, 15) is 19.5 Å². The third-order valence-electron chi connectivity index (χ3n) is 3.20. The van der Waals surface area contributed by atoms with Crippen molar-refractivity contribution < 1.29 is 24.2 Å². The zero-order valence-electron chi connectivity index (χ0n) is 11.1. The highest BCUT2D eigenvalue weighted by Crippen LogP contribution is 2.29. The Balaban J connectivity index is 2.30. The van der Waals surface area contributed by atoms with Gasteiger partial charge in [-0.1, -0.05) is 0 Å². The molecule has 20 heavy (non-hydrogen) atoms. The zero-order valence-corrected chi connectivity index (χ0v) is 11.1. The molecule has 114 valence electrons. The summed E-state index contributed by atoms with van der Waals surface area (Å²) < 4.78 is 5.14. The minimum absolute atomic E-state index is 0.0424. The number of nitrogens with two attached hydrogens (primary N) is 1. The maximum atomic E-state index is 11.5. The Bertz CT molecular complexity index is 368. The second kappa shape index (κ2) is 7.53. The molecule has 1 fully saturated rings. The summed E-state index contributed by atoms with van der Waals surface area (Å²) in [5, 5.41) is 16.6. The fraction of sp³-hybridized carbons (Fsp3) is 0.727. The minimum atomic E-state index is -0.971. The number of carbonyl (C=O) groups excluding carboxylic acids is 2. The predicted molar refractivity (Wildman–Crippen MR) is 69.1 cm³/mol. The van der Waals surface area contributed by atoms with Gasteiger partial charge in [0.2, 0.25) is 0 Å². The number of carbonyl (C=O) groups is 3. The van der Waals surface area contributed by atoms with Crippen molar-refractivity contribution >= 4 is 18.0 Å². The molecule has 0 atom stereocenters. The van der Waals surface area contributed by atoms with Crippen molar-refractivity contribution in [1.82, 2.24) is 16.0 Å². The number of primary amides is 1. The van der Waals surface area contributed by atoms with Crippen molar-refractivity contribution in [3.8, 4) is 0 Å². The number of ether oxygens (including phenoxy) is 1. The Morgan fingerprint density at radius 3 is 2.25 bits per heavy atom. The Kier molecular flexibility index (Phi) is 6.04. The van der Waals surface area contributed by atoms with Gasteiger partial charge in [-0.15, -0.1) is 0 Å². The van der Waals surface area contributed by atoms with Crippen LogP contribution in [0.5, 0.6) is 0 Å². The van der Waals surface area contributed by atoms with Gasteiger partial charge in [0.1, 0.15) is 0 Å². The summed E-state index contributed by atoms with van der Waals surface area (Å²) in [5.41, 5.74) is 3.89. The second-order valence-electron chi connectivity index (χ2n) is 4.60. The topological polar surface area (TPSA) is 143 Å². The molecule has 0 saturated carbocycles. The molecule has 0 aliphatic carbocycles. The first kappa shape index (κ1) is 16.0. The van der Waals surface area contributed by atoms with Gasteiger partial charge in [0, 0.05) is 32.8 Å². The number of urea groups is 2. The van der Waals surface area contributed by atoms with Crippen LogP contribution in [0.15, 0.2) is 0 Å². The third-order valence-corrected chi connectivity index (χ3v) is 3.20. The van der Waals surface area contributed by atoms with Crippen LogP contribution in [-0.4, -0.2) is 56.0 Å². The van der Waals surface area contributed by atoms with Crippen LogP contribution in [0.4, 0.5) is 9.59 Å². The van der Waals surface area contributed by atoms with E-state index in [2.05, 4.69) is 16.0 Å². The maximum Gasteiger partial charge on any atom is 0.314 e. The van der Waals surface area contributed by atoms with Crippen molar-refractivity contribution in [1.29, 1.82) is 0 Å². The molecule has 4 amide bonds. The average molecular weight is 288 g/mol. The molecule has 1 saturated heterocycles. The lowest BCUT2D eigenvalue weighted by Crippen LogP contribution is -2.49. The molecule has 0 aromatic carbocycles. The van der Waals surface area contributed by atoms with Gasteiger partial charge in [-0.05, 0) is 12.8 Å². The molecule has 1 heterocycles. The van der Waals surface area contributed by atoms with Gasteiger partial charge >= 0.3 is 18.0 Å². The lowest BCUT2D eigenvalue weighted by Gasteiger charge is -2.33. The van der Waals surface area contributed by atoms with Crippen LogP contribution in [0.2, 0.25) is 0 Å². The summed E-state index contributed by atoms with van der Waals surface area (Å²) in [4.78, 5) is 33.2. The average Bonchev–Trinajstić information content (AvgIpc) is 2.42. The van der Waals surface area contributed by atoms with Crippen LogP contribution >= 0.6 is 0 Å². The van der Waals surface area contributed by atoms with E-state index in [4.69, 9.17) is 10.5 Å². The predicted octanol–water partition coefficient (Wildman–Crippen LogP) is -1.16. The van der Waals surface area contributed by atoms with Crippen LogP contribution in [0.25, 0.3) is 0 Å². The molecule has 1 rings (SSSR count). The zero-order chi connectivity index (χ0) is 15.0. The van der Waals surface area contributed by atoms with E-state index in [0.29, 0.717) is 26.1 Å². The van der Waals surface area contributed by atoms with Gasteiger partial charge in [0.25, 0.3) is 0 Å². The summed E-state index contributed by atoms with van der Waals surface area (Å²) in [6.07, 6.45) is 0.734. The van der Waals surface area contributed by atoms with E-state index in [1.807, 2.05) is 0 Å². The van der Waals surface area contributed by atoms with Gasteiger partial charge in [-0.3, -0.25) is 4.79 Å². The third kappa shape index (κ3) is 4.92. The highest BCUT2D eigenvalue weighted by atomic mass is 16.5. The number of carboxylic acids is 1. The fourth-order valence-electron chi connectivity index (χ4n) is 1.90. The number of hydrogen-bond donors (Lipinski definition) is 5. The monoisotopic (exact) mass is 288 g/mol. The Hall–Kier alpha value is -2.03. The first-order chi connectivity index (χ1) is 9.46. The Morgan fingerprint density at radius 1 is 1.10 bits per heavy atom. The molecule has 6 N–H and O–H groups in total. The van der Waals surface area contributed by atoms with Gasteiger partial charge in [-0.25, -0.2) is 9.59 Å². The van der Waals surface area contributed by atoms with Gasteiger partial charge < -0.3 is 31.5 Å². The van der Waals surface area contributed by atoms with Crippen LogP contribution in [0, 0.1) is 5.41 Å². The van der Waals surface area contributed by atoms with E-state index in [1.165, 1.54) is 0 Å². The molecule has 0 spiro atoms. The summed E-state index contributed by atoms with van der Waals surface area (Å²) in [6.45, 7) is 1.20. The molecule has 0 unspecified atom stereocenters. The number of amides is 4. The van der Waals surface area contributed by atoms with Crippen molar-refractivity contribution in [2.45, 2.75) is 12.8 Å². The number of hydrogen-bond acceptors (Lipinski definition) is 4. The van der Waals surface area contributed by atoms with E-state index < -0.39 is 23.4 Å². The highest BCUT2D eigenvalue weighted by Gasteiger charge is 2.40. The lowest BCUT2D eigenvalue weighted by atomic mass is 9.80. The number of nitrogens with one attached hydrogen (secondary N) is 3. The quantitative estimate of drug-likeness (QED) is 0.391. The Labute approximate surface area is 116 Å². The molecule has 0 bridgehead atoms. The molecule has 9 heteroatoms. The first-order valence-electron chi connectivity index (χ1n) is 6.32. The first-order valence-corrected chi connectivity index (χ1v) is 6.32. The van der Waals surface area contributed by atoms with Crippen molar-refractivity contribution in [2.24, 2.45) is 11.1 Å². The minimum Gasteiger partial charge on any atom is -0.481 e. The summed E-state index contributed by atoms with van der Waals surface area (Å²) in [5.74, 6) is -0.934. The SMILES string of the molecule is NC(=O)NCCNC(=O)NCC1(C(=O)O)CCOCC1. The summed E-state index contributed by atoms with van der Waals surface area (Å²) in [6, 6.07) is -1.15. The number of aliphatic carboxylic acids is 1. The molecule has 0 aromatic rings. The molecular weight excluding hydrogens is 268 g/mol.